The van der Waals surface area contributed by atoms with E-state index in [2.05, 4.69) is 33.2 Å². The number of alkyl halides is 1. The molecule has 6 heteroatoms. The first kappa shape index (κ1) is 15.0. The van der Waals surface area contributed by atoms with Crippen molar-refractivity contribution < 1.29 is 9.52 Å². The molecule has 21 heavy (non-hydrogen) atoms. The predicted molar refractivity (Wildman–Crippen MR) is 81.9 cm³/mol. The summed E-state index contributed by atoms with van der Waals surface area (Å²) in [6.07, 6.45) is 1.66. The first-order valence-electron chi connectivity index (χ1n) is 7.37. The molecule has 0 amide bonds. The van der Waals surface area contributed by atoms with Crippen molar-refractivity contribution in [3.63, 3.8) is 0 Å². The minimum atomic E-state index is -0.392. The van der Waals surface area contributed by atoms with Crippen LogP contribution in [0, 0.1) is 17.2 Å². The van der Waals surface area contributed by atoms with Crippen LogP contribution in [-0.2, 0) is 6.54 Å². The van der Waals surface area contributed by atoms with Crippen LogP contribution in [0.15, 0.2) is 10.5 Å². The van der Waals surface area contributed by atoms with E-state index < -0.39 is 6.10 Å². The van der Waals surface area contributed by atoms with Crippen LogP contribution in [0.25, 0.3) is 0 Å². The molecule has 0 aliphatic carbocycles. The molecular weight excluding hydrogens is 334 g/mol. The fraction of sp³-hybridized carbons (Fsp3) is 0.667. The lowest BCUT2D eigenvalue weighted by atomic mass is 9.84. The molecule has 0 spiro atoms. The zero-order valence-corrected chi connectivity index (χ0v) is 13.6. The lowest BCUT2D eigenvalue weighted by molar-refractivity contribution is 0.0332. The number of nitrogens with zero attached hydrogens (tertiary/aromatic N) is 2. The largest absolute Gasteiger partial charge is 0.449 e. The van der Waals surface area contributed by atoms with Crippen LogP contribution in [0.1, 0.15) is 34.8 Å². The number of likely N-dealkylation sites (tertiary alicyclic amines) is 1. The molecule has 0 radical (unpaired) electrons. The van der Waals surface area contributed by atoms with Gasteiger partial charge in [0.1, 0.15) is 11.8 Å². The number of hydrogen-bond acceptors (Lipinski definition) is 5. The van der Waals surface area contributed by atoms with E-state index in [1.165, 1.54) is 0 Å². The zero-order chi connectivity index (χ0) is 15.0. The number of nitrogens with one attached hydrogen (secondary N) is 1. The molecule has 2 unspecified atom stereocenters. The highest BCUT2D eigenvalue weighted by molar-refractivity contribution is 9.09. The Hall–Kier alpha value is -0.870. The third kappa shape index (κ3) is 2.88. The summed E-state index contributed by atoms with van der Waals surface area (Å²) in [6.45, 7) is 2.64. The van der Waals surface area contributed by atoms with Gasteiger partial charge in [-0.15, -0.1) is 0 Å². The summed E-state index contributed by atoms with van der Waals surface area (Å²) in [6, 6.07) is 3.77. The zero-order valence-electron chi connectivity index (χ0n) is 12.1. The first-order valence-corrected chi connectivity index (χ1v) is 8.28. The van der Waals surface area contributed by atoms with Crippen molar-refractivity contribution in [2.24, 2.45) is 5.92 Å². The van der Waals surface area contributed by atoms with Crippen molar-refractivity contribution >= 4 is 15.9 Å². The average molecular weight is 354 g/mol. The summed E-state index contributed by atoms with van der Waals surface area (Å²) in [7, 11) is 2.12. The minimum Gasteiger partial charge on any atom is -0.449 e. The number of fused-ring (bicyclic) bond motifs is 1. The van der Waals surface area contributed by atoms with E-state index >= 15 is 0 Å². The molecular formula is C15H20BrN3O2. The number of aliphatic hydroxyl groups excluding tert-OH is 1. The number of halogens is 1. The summed E-state index contributed by atoms with van der Waals surface area (Å²) in [5.41, 5.74) is 0.988. The Morgan fingerprint density at radius 2 is 2.24 bits per heavy atom. The van der Waals surface area contributed by atoms with E-state index in [9.17, 15) is 5.11 Å². The normalized spacial score (nSPS) is 28.9. The topological polar surface area (TPSA) is 72.4 Å². The second kappa shape index (κ2) is 6.09. The van der Waals surface area contributed by atoms with E-state index in [4.69, 9.17) is 9.68 Å². The van der Waals surface area contributed by atoms with Gasteiger partial charge in [-0.2, -0.15) is 5.26 Å². The molecule has 1 saturated heterocycles. The predicted octanol–water partition coefficient (Wildman–Crippen LogP) is 1.76. The fourth-order valence-electron chi connectivity index (χ4n) is 3.33. The van der Waals surface area contributed by atoms with Gasteiger partial charge < -0.3 is 19.7 Å². The maximum Gasteiger partial charge on any atom is 0.204 e. The van der Waals surface area contributed by atoms with Crippen LogP contribution < -0.4 is 5.32 Å². The van der Waals surface area contributed by atoms with Crippen LogP contribution in [-0.4, -0.2) is 42.3 Å². The molecule has 1 fully saturated rings. The Morgan fingerprint density at radius 1 is 1.52 bits per heavy atom. The highest BCUT2D eigenvalue weighted by Crippen LogP contribution is 2.38. The quantitative estimate of drug-likeness (QED) is 0.792. The van der Waals surface area contributed by atoms with Crippen LogP contribution >= 0.6 is 15.9 Å². The number of hydrogen-bond donors (Lipinski definition) is 2. The lowest BCUT2D eigenvalue weighted by Gasteiger charge is -2.39. The number of piperidine rings is 1. The number of rotatable bonds is 2. The molecule has 5 nitrogen and oxygen atoms in total. The molecule has 114 valence electrons. The Labute approximate surface area is 133 Å². The highest BCUT2D eigenvalue weighted by atomic mass is 79.9. The SMILES string of the molecule is CN1CCC([C@@H](O)C2NCc3oc(C#N)cc3C2Br)CC1. The van der Waals surface area contributed by atoms with Crippen molar-refractivity contribution in [3.05, 3.63) is 23.2 Å². The summed E-state index contributed by atoms with van der Waals surface area (Å²) in [4.78, 5) is 2.28. The minimum absolute atomic E-state index is 0.0262. The monoisotopic (exact) mass is 353 g/mol. The molecule has 3 heterocycles. The smallest absolute Gasteiger partial charge is 0.204 e. The highest BCUT2D eigenvalue weighted by Gasteiger charge is 2.38. The standard InChI is InChI=1S/C15H20BrN3O2/c1-19-4-2-9(3-5-19)15(20)14-13(16)11-6-10(7-17)21-12(11)8-18-14/h6,9,13-15,18,20H,2-5,8H2,1H3/t13?,14?,15-/m1/s1. The van der Waals surface area contributed by atoms with E-state index in [0.717, 1.165) is 37.3 Å². The number of furan rings is 1. The maximum absolute atomic E-state index is 10.7. The lowest BCUT2D eigenvalue weighted by Crippen LogP contribution is -2.50. The molecule has 0 saturated carbocycles. The number of aliphatic hydroxyl groups is 1. The Balaban J connectivity index is 1.73. The molecule has 0 bridgehead atoms. The fourth-order valence-corrected chi connectivity index (χ4v) is 4.22. The van der Waals surface area contributed by atoms with Gasteiger partial charge in [0.25, 0.3) is 0 Å². The van der Waals surface area contributed by atoms with E-state index in [1.54, 1.807) is 6.07 Å². The number of nitriles is 1. The maximum atomic E-state index is 10.7. The molecule has 3 atom stereocenters. The van der Waals surface area contributed by atoms with E-state index in [-0.39, 0.29) is 10.9 Å². The summed E-state index contributed by atoms with van der Waals surface area (Å²) >= 11 is 3.67. The van der Waals surface area contributed by atoms with Gasteiger partial charge in [0.15, 0.2) is 0 Å². The Kier molecular flexibility index (Phi) is 4.36. The van der Waals surface area contributed by atoms with Crippen LogP contribution in [0.4, 0.5) is 0 Å². The Bertz CT molecular complexity index is 546. The average Bonchev–Trinajstić information content (AvgIpc) is 2.92. The molecule has 1 aromatic heterocycles. The second-order valence-corrected chi connectivity index (χ2v) is 7.03. The van der Waals surface area contributed by atoms with Crippen molar-refractivity contribution in [2.75, 3.05) is 20.1 Å². The van der Waals surface area contributed by atoms with E-state index in [0.29, 0.717) is 18.2 Å². The van der Waals surface area contributed by atoms with Gasteiger partial charge in [-0.05, 0) is 45.0 Å². The van der Waals surface area contributed by atoms with Gasteiger partial charge >= 0.3 is 0 Å². The van der Waals surface area contributed by atoms with Gasteiger partial charge in [-0.1, -0.05) is 15.9 Å². The van der Waals surface area contributed by atoms with Crippen molar-refractivity contribution in [1.82, 2.24) is 10.2 Å². The van der Waals surface area contributed by atoms with Gasteiger partial charge in [0, 0.05) is 5.56 Å². The third-order valence-electron chi connectivity index (χ3n) is 4.68. The second-order valence-electron chi connectivity index (χ2n) is 6.04. The summed E-state index contributed by atoms with van der Waals surface area (Å²) in [5, 5.41) is 23.0. The van der Waals surface area contributed by atoms with E-state index in [1.807, 2.05) is 6.07 Å². The van der Waals surface area contributed by atoms with Crippen LogP contribution in [0.3, 0.4) is 0 Å². The molecule has 2 N–H and O–H groups in total. The molecule has 1 aromatic rings. The van der Waals surface area contributed by atoms with Crippen molar-refractivity contribution in [2.45, 2.75) is 36.4 Å². The van der Waals surface area contributed by atoms with Gasteiger partial charge in [0.2, 0.25) is 5.76 Å². The van der Waals surface area contributed by atoms with Gasteiger partial charge in [-0.25, -0.2) is 0 Å². The van der Waals surface area contributed by atoms with Gasteiger partial charge in [-0.3, -0.25) is 0 Å². The van der Waals surface area contributed by atoms with Crippen LogP contribution in [0.2, 0.25) is 0 Å². The van der Waals surface area contributed by atoms with Crippen LogP contribution in [0.5, 0.6) is 0 Å². The molecule has 0 aromatic carbocycles. The first-order chi connectivity index (χ1) is 10.1. The summed E-state index contributed by atoms with van der Waals surface area (Å²) in [5.74, 6) is 1.45. The Morgan fingerprint density at radius 3 is 2.90 bits per heavy atom. The molecule has 2 aliphatic rings. The van der Waals surface area contributed by atoms with Crippen molar-refractivity contribution in [3.8, 4) is 6.07 Å². The third-order valence-corrected chi connectivity index (χ3v) is 5.74. The van der Waals surface area contributed by atoms with Crippen molar-refractivity contribution in [1.29, 1.82) is 5.26 Å². The van der Waals surface area contributed by atoms with Gasteiger partial charge in [0.05, 0.1) is 23.5 Å². The molecule has 2 aliphatic heterocycles. The summed E-state index contributed by atoms with van der Waals surface area (Å²) < 4.78 is 5.47. The molecule has 3 rings (SSSR count).